The van der Waals surface area contributed by atoms with Crippen LogP contribution in [0.15, 0.2) is 41.3 Å². The Morgan fingerprint density at radius 2 is 2.07 bits per heavy atom. The zero-order valence-electron chi connectivity index (χ0n) is 7.90. The summed E-state index contributed by atoms with van der Waals surface area (Å²) in [5.74, 6) is 0. The molecule has 0 saturated heterocycles. The Labute approximate surface area is 85.0 Å². The number of hydrogen-bond acceptors (Lipinski definition) is 2. The number of para-hydroxylation sites is 1. The molecule has 0 aliphatic carbocycles. The van der Waals surface area contributed by atoms with Crippen molar-refractivity contribution in [1.29, 1.82) is 0 Å². The minimum Gasteiger partial charge on any atom is -0.397 e. The smallest absolute Gasteiger partial charge is 0.272 e. The number of nitrogens with one attached hydrogen (secondary N) is 1. The van der Waals surface area contributed by atoms with Crippen LogP contribution >= 0.6 is 0 Å². The summed E-state index contributed by atoms with van der Waals surface area (Å²) in [5.41, 5.74) is 8.66. The number of nitrogens with two attached hydrogens (primary N) is 1. The topological polar surface area (TPSA) is 63.3 Å². The van der Waals surface area contributed by atoms with Gasteiger partial charge in [0.15, 0.2) is 0 Å². The minimum atomic E-state index is -0.0990. The second-order valence-electron chi connectivity index (χ2n) is 3.46. The van der Waals surface area contributed by atoms with E-state index in [9.17, 15) is 4.79 Å². The van der Waals surface area contributed by atoms with Crippen molar-refractivity contribution >= 4 is 22.2 Å². The lowest BCUT2D eigenvalue weighted by atomic mass is 10.2. The number of nitrogens with zero attached hydrogens (tertiary/aromatic N) is 1. The van der Waals surface area contributed by atoms with Crippen molar-refractivity contribution in [3.05, 3.63) is 46.9 Å². The van der Waals surface area contributed by atoms with E-state index in [1.54, 1.807) is 6.07 Å². The van der Waals surface area contributed by atoms with E-state index in [1.807, 2.05) is 34.9 Å². The van der Waals surface area contributed by atoms with Crippen LogP contribution in [0.5, 0.6) is 0 Å². The largest absolute Gasteiger partial charge is 0.397 e. The molecule has 0 bridgehead atoms. The second-order valence-corrected chi connectivity index (χ2v) is 3.46. The summed E-state index contributed by atoms with van der Waals surface area (Å²) in [6, 6.07) is 9.08. The molecule has 74 valence electrons. The Hall–Kier alpha value is -2.23. The number of hydrogen-bond donors (Lipinski definition) is 2. The summed E-state index contributed by atoms with van der Waals surface area (Å²) in [6.45, 7) is 0. The summed E-state index contributed by atoms with van der Waals surface area (Å²) in [7, 11) is 0. The molecule has 0 aliphatic rings. The highest BCUT2D eigenvalue weighted by Gasteiger charge is 2.05. The van der Waals surface area contributed by atoms with Crippen LogP contribution in [-0.2, 0) is 0 Å². The molecule has 0 saturated carbocycles. The normalized spacial score (nSPS) is 11.2. The molecule has 4 heteroatoms. The molecule has 0 unspecified atom stereocenters. The van der Waals surface area contributed by atoms with E-state index in [4.69, 9.17) is 5.73 Å². The Morgan fingerprint density at radius 1 is 1.20 bits per heavy atom. The van der Waals surface area contributed by atoms with Crippen LogP contribution in [0.25, 0.3) is 16.6 Å². The fraction of sp³-hybridized carbons (Fsp3) is 0. The highest BCUT2D eigenvalue weighted by molar-refractivity contribution is 5.88. The van der Waals surface area contributed by atoms with Gasteiger partial charge in [-0.25, -0.2) is 0 Å². The van der Waals surface area contributed by atoms with Gasteiger partial charge in [-0.05, 0) is 24.3 Å². The molecular weight excluding hydrogens is 190 g/mol. The molecule has 15 heavy (non-hydrogen) atoms. The lowest BCUT2D eigenvalue weighted by molar-refractivity contribution is 1.19. The summed E-state index contributed by atoms with van der Waals surface area (Å²) in [6.07, 6.45) is 1.84. The van der Waals surface area contributed by atoms with Crippen LogP contribution in [0.2, 0.25) is 0 Å². The Morgan fingerprint density at radius 3 is 2.93 bits per heavy atom. The van der Waals surface area contributed by atoms with Crippen molar-refractivity contribution in [3.8, 4) is 0 Å². The van der Waals surface area contributed by atoms with Crippen molar-refractivity contribution in [2.24, 2.45) is 0 Å². The van der Waals surface area contributed by atoms with E-state index in [-0.39, 0.29) is 5.56 Å². The third-order valence-corrected chi connectivity index (χ3v) is 2.54. The molecule has 3 aromatic rings. The summed E-state index contributed by atoms with van der Waals surface area (Å²) < 4.78 is 1.81. The van der Waals surface area contributed by atoms with E-state index in [0.29, 0.717) is 11.2 Å². The minimum absolute atomic E-state index is 0.0990. The first-order chi connectivity index (χ1) is 7.27. The first kappa shape index (κ1) is 8.11. The summed E-state index contributed by atoms with van der Waals surface area (Å²) in [4.78, 5) is 14.5. The molecule has 1 aromatic carbocycles. The molecule has 0 amide bonds. The first-order valence-corrected chi connectivity index (χ1v) is 4.65. The van der Waals surface area contributed by atoms with E-state index in [2.05, 4.69) is 4.98 Å². The van der Waals surface area contributed by atoms with Gasteiger partial charge in [0.1, 0.15) is 5.52 Å². The van der Waals surface area contributed by atoms with Gasteiger partial charge in [0.05, 0.1) is 16.7 Å². The fourth-order valence-electron chi connectivity index (χ4n) is 1.88. The van der Waals surface area contributed by atoms with Crippen LogP contribution < -0.4 is 11.3 Å². The molecule has 0 aliphatic heterocycles. The van der Waals surface area contributed by atoms with E-state index in [0.717, 1.165) is 11.0 Å². The van der Waals surface area contributed by atoms with Gasteiger partial charge >= 0.3 is 0 Å². The van der Waals surface area contributed by atoms with Gasteiger partial charge in [0.2, 0.25) is 0 Å². The number of fused-ring (bicyclic) bond motifs is 3. The maximum Gasteiger partial charge on any atom is 0.272 e. The third-order valence-electron chi connectivity index (χ3n) is 2.54. The number of rotatable bonds is 0. The lowest BCUT2D eigenvalue weighted by Crippen LogP contribution is -2.10. The predicted octanol–water partition coefficient (Wildman–Crippen LogP) is 1.36. The van der Waals surface area contributed by atoms with Crippen LogP contribution in [0.1, 0.15) is 0 Å². The zero-order valence-corrected chi connectivity index (χ0v) is 7.90. The lowest BCUT2D eigenvalue weighted by Gasteiger charge is -2.04. The monoisotopic (exact) mass is 199 g/mol. The zero-order chi connectivity index (χ0) is 10.4. The standard InChI is InChI=1S/C11H9N3O/c12-7-3-1-4-8-10(7)14-6-2-5-9(14)11(15)13-8/h1-6H,12H2,(H,13,15). The van der Waals surface area contributed by atoms with Crippen LogP contribution in [0, 0.1) is 0 Å². The quantitative estimate of drug-likeness (QED) is 0.537. The summed E-state index contributed by atoms with van der Waals surface area (Å²) >= 11 is 0. The van der Waals surface area contributed by atoms with E-state index in [1.165, 1.54) is 0 Å². The predicted molar refractivity (Wildman–Crippen MR) is 59.9 cm³/mol. The first-order valence-electron chi connectivity index (χ1n) is 4.65. The molecule has 2 heterocycles. The van der Waals surface area contributed by atoms with Gasteiger partial charge in [-0.1, -0.05) is 6.07 Å². The molecule has 0 atom stereocenters. The second kappa shape index (κ2) is 2.63. The molecular formula is C11H9N3O. The van der Waals surface area contributed by atoms with Gasteiger partial charge in [0.25, 0.3) is 5.56 Å². The number of nitrogen functional groups attached to an aromatic ring is 1. The third kappa shape index (κ3) is 0.985. The average Bonchev–Trinajstić information content (AvgIpc) is 2.66. The van der Waals surface area contributed by atoms with Crippen molar-refractivity contribution < 1.29 is 0 Å². The highest BCUT2D eigenvalue weighted by Crippen LogP contribution is 2.18. The van der Waals surface area contributed by atoms with Gasteiger partial charge < -0.3 is 15.1 Å². The van der Waals surface area contributed by atoms with Gasteiger partial charge in [0, 0.05) is 6.20 Å². The van der Waals surface area contributed by atoms with Crippen LogP contribution in [0.4, 0.5) is 5.69 Å². The van der Waals surface area contributed by atoms with Crippen molar-refractivity contribution in [2.45, 2.75) is 0 Å². The van der Waals surface area contributed by atoms with Crippen LogP contribution in [0.3, 0.4) is 0 Å². The highest BCUT2D eigenvalue weighted by atomic mass is 16.1. The molecule has 4 nitrogen and oxygen atoms in total. The SMILES string of the molecule is Nc1cccc2[nH]c(=O)c3cccn3c12. The Balaban J connectivity index is 2.74. The molecule has 0 radical (unpaired) electrons. The van der Waals surface area contributed by atoms with E-state index < -0.39 is 0 Å². The number of H-pyrrole nitrogens is 1. The number of aromatic nitrogens is 2. The maximum atomic E-state index is 11.6. The van der Waals surface area contributed by atoms with Gasteiger partial charge in [-0.3, -0.25) is 4.79 Å². The number of aromatic amines is 1. The Kier molecular flexibility index (Phi) is 1.42. The van der Waals surface area contributed by atoms with Crippen LogP contribution in [-0.4, -0.2) is 9.38 Å². The van der Waals surface area contributed by atoms with Crippen molar-refractivity contribution in [1.82, 2.24) is 9.38 Å². The molecule has 0 fully saturated rings. The molecule has 0 spiro atoms. The van der Waals surface area contributed by atoms with E-state index >= 15 is 0 Å². The summed E-state index contributed by atoms with van der Waals surface area (Å²) in [5, 5.41) is 0. The van der Waals surface area contributed by atoms with Gasteiger partial charge in [-0.2, -0.15) is 0 Å². The average molecular weight is 199 g/mol. The maximum absolute atomic E-state index is 11.6. The van der Waals surface area contributed by atoms with Crippen molar-refractivity contribution in [3.63, 3.8) is 0 Å². The molecule has 3 N–H and O–H groups in total. The van der Waals surface area contributed by atoms with Crippen molar-refractivity contribution in [2.75, 3.05) is 5.73 Å². The fourth-order valence-corrected chi connectivity index (χ4v) is 1.88. The number of benzene rings is 1. The molecule has 3 rings (SSSR count). The Bertz CT molecular complexity index is 708. The molecule has 2 aromatic heterocycles. The van der Waals surface area contributed by atoms with Gasteiger partial charge in [-0.15, -0.1) is 0 Å². The number of anilines is 1.